The number of aliphatic carboxylic acids is 1. The number of carboxylic acid groups (broad SMARTS) is 1. The van der Waals surface area contributed by atoms with E-state index in [1.54, 1.807) is 0 Å². The lowest BCUT2D eigenvalue weighted by molar-refractivity contribution is -0.147. The number of esters is 1. The van der Waals surface area contributed by atoms with Gasteiger partial charge in [-0.05, 0) is 34.2 Å². The fourth-order valence-electron chi connectivity index (χ4n) is 6.06. The van der Waals surface area contributed by atoms with Gasteiger partial charge in [0.1, 0.15) is 5.75 Å². The molecule has 0 saturated carbocycles. The lowest BCUT2D eigenvalue weighted by Gasteiger charge is -2.24. The number of rotatable bonds is 19. The summed E-state index contributed by atoms with van der Waals surface area (Å²) in [5.74, 6) is -1.58. The summed E-state index contributed by atoms with van der Waals surface area (Å²) in [5, 5.41) is 13.7. The van der Waals surface area contributed by atoms with Gasteiger partial charge >= 0.3 is 11.9 Å². The molecule has 0 fully saturated rings. The van der Waals surface area contributed by atoms with Crippen LogP contribution < -0.4 is 4.74 Å². The van der Waals surface area contributed by atoms with Crippen LogP contribution >= 0.6 is 0 Å². The van der Waals surface area contributed by atoms with Crippen LogP contribution in [-0.4, -0.2) is 17.0 Å². The highest BCUT2D eigenvalue weighted by atomic mass is 16.5. The summed E-state index contributed by atoms with van der Waals surface area (Å²) >= 11 is 0. The van der Waals surface area contributed by atoms with Crippen molar-refractivity contribution in [3.63, 3.8) is 0 Å². The minimum Gasteiger partial charge on any atom is -0.481 e. The van der Waals surface area contributed by atoms with Crippen LogP contribution in [0.2, 0.25) is 0 Å². The van der Waals surface area contributed by atoms with Gasteiger partial charge in [-0.3, -0.25) is 9.59 Å². The molecule has 4 heteroatoms. The molecule has 1 unspecified atom stereocenters. The highest BCUT2D eigenvalue weighted by Crippen LogP contribution is 2.41. The minimum absolute atomic E-state index is 0.115. The Hall–Kier alpha value is -2.88. The standard InChI is InChI=1S/C38H54O4/c1-5-6-7-8-9-10-11-12-13-14-15-16-17-18-23-31(37(40)41)28-34(39)42-36-32-25-20-19-22-29(32)27-30-24-21-26-33(35(30)36)38(2,3)4/h19-22,24-27,31H,5-18,23,28H2,1-4H3,(H,40,41). The summed E-state index contributed by atoms with van der Waals surface area (Å²) in [6.07, 6.45) is 18.0. The molecule has 0 amide bonds. The molecule has 0 spiro atoms. The monoisotopic (exact) mass is 574 g/mol. The van der Waals surface area contributed by atoms with E-state index in [0.29, 0.717) is 12.2 Å². The fraction of sp³-hybridized carbons (Fsp3) is 0.579. The molecular weight excluding hydrogens is 520 g/mol. The topological polar surface area (TPSA) is 63.6 Å². The van der Waals surface area contributed by atoms with E-state index in [4.69, 9.17) is 4.74 Å². The van der Waals surface area contributed by atoms with E-state index in [1.807, 2.05) is 36.4 Å². The van der Waals surface area contributed by atoms with Crippen LogP contribution in [0, 0.1) is 5.92 Å². The Labute approximate surface area is 254 Å². The largest absolute Gasteiger partial charge is 0.481 e. The van der Waals surface area contributed by atoms with Gasteiger partial charge in [0.05, 0.1) is 12.3 Å². The van der Waals surface area contributed by atoms with E-state index in [0.717, 1.165) is 46.4 Å². The lowest BCUT2D eigenvalue weighted by Crippen LogP contribution is -2.21. The van der Waals surface area contributed by atoms with Gasteiger partial charge in [0, 0.05) is 10.8 Å². The third-order valence-corrected chi connectivity index (χ3v) is 8.53. The quantitative estimate of drug-likeness (QED) is 0.0669. The van der Waals surface area contributed by atoms with Crippen molar-refractivity contribution in [1.29, 1.82) is 0 Å². The molecule has 0 aliphatic rings. The fourth-order valence-corrected chi connectivity index (χ4v) is 6.06. The SMILES string of the molecule is CCCCCCCCCCCCCCCCC(CC(=O)Oc1c2ccccc2cc2cccc(C(C)(C)C)c12)C(=O)O. The maximum atomic E-state index is 13.2. The van der Waals surface area contributed by atoms with E-state index >= 15 is 0 Å². The van der Waals surface area contributed by atoms with Gasteiger partial charge in [-0.2, -0.15) is 0 Å². The van der Waals surface area contributed by atoms with E-state index in [2.05, 4.69) is 39.8 Å². The van der Waals surface area contributed by atoms with Gasteiger partial charge in [0.15, 0.2) is 0 Å². The first-order valence-electron chi connectivity index (χ1n) is 16.6. The zero-order valence-corrected chi connectivity index (χ0v) is 26.7. The maximum Gasteiger partial charge on any atom is 0.312 e. The number of fused-ring (bicyclic) bond motifs is 2. The predicted octanol–water partition coefficient (Wildman–Crippen LogP) is 11.2. The zero-order chi connectivity index (χ0) is 30.4. The third-order valence-electron chi connectivity index (χ3n) is 8.53. The van der Waals surface area contributed by atoms with Crippen molar-refractivity contribution in [3.8, 4) is 5.75 Å². The summed E-state index contributed by atoms with van der Waals surface area (Å²) < 4.78 is 6.08. The van der Waals surface area contributed by atoms with Gasteiger partial charge in [-0.15, -0.1) is 0 Å². The Balaban J connectivity index is 1.50. The summed E-state index contributed by atoms with van der Waals surface area (Å²) in [6.45, 7) is 8.72. The Morgan fingerprint density at radius 2 is 1.29 bits per heavy atom. The molecule has 230 valence electrons. The Bertz CT molecular complexity index is 1270. The molecule has 3 aromatic carbocycles. The third kappa shape index (κ3) is 10.4. The number of carbonyl (C=O) groups excluding carboxylic acids is 1. The number of benzene rings is 3. The second-order valence-corrected chi connectivity index (χ2v) is 13.2. The van der Waals surface area contributed by atoms with Crippen molar-refractivity contribution in [2.75, 3.05) is 0 Å². The average molecular weight is 575 g/mol. The smallest absolute Gasteiger partial charge is 0.312 e. The Kier molecular flexibility index (Phi) is 13.8. The molecule has 4 nitrogen and oxygen atoms in total. The molecule has 42 heavy (non-hydrogen) atoms. The van der Waals surface area contributed by atoms with Crippen LogP contribution in [0.3, 0.4) is 0 Å². The number of carbonyl (C=O) groups is 2. The number of carboxylic acids is 1. The van der Waals surface area contributed by atoms with E-state index < -0.39 is 17.9 Å². The molecule has 1 N–H and O–H groups in total. The molecule has 3 aromatic rings. The van der Waals surface area contributed by atoms with Crippen LogP contribution in [-0.2, 0) is 15.0 Å². The van der Waals surface area contributed by atoms with Crippen molar-refractivity contribution in [1.82, 2.24) is 0 Å². The first-order valence-corrected chi connectivity index (χ1v) is 16.6. The summed E-state index contributed by atoms with van der Waals surface area (Å²) in [6, 6.07) is 16.2. The molecule has 0 heterocycles. The first-order chi connectivity index (χ1) is 20.2. The van der Waals surface area contributed by atoms with Crippen LogP contribution in [0.5, 0.6) is 5.75 Å². The molecule has 3 rings (SSSR count). The summed E-state index contributed by atoms with van der Waals surface area (Å²) in [5.41, 5.74) is 0.950. The normalized spacial score (nSPS) is 12.6. The van der Waals surface area contributed by atoms with E-state index in [9.17, 15) is 14.7 Å². The zero-order valence-electron chi connectivity index (χ0n) is 26.7. The highest BCUT2D eigenvalue weighted by molar-refractivity contribution is 6.08. The first kappa shape index (κ1) is 33.6. The molecular formula is C38H54O4. The van der Waals surface area contributed by atoms with Crippen molar-refractivity contribution in [2.45, 2.75) is 136 Å². The molecule has 0 aliphatic heterocycles. The highest BCUT2D eigenvalue weighted by Gasteiger charge is 2.25. The van der Waals surface area contributed by atoms with Gasteiger partial charge in [-0.25, -0.2) is 0 Å². The molecule has 1 atom stereocenters. The van der Waals surface area contributed by atoms with Gasteiger partial charge in [0.25, 0.3) is 0 Å². The molecule has 0 aromatic heterocycles. The van der Waals surface area contributed by atoms with Crippen LogP contribution in [0.1, 0.15) is 136 Å². The Morgan fingerprint density at radius 1 is 0.738 bits per heavy atom. The van der Waals surface area contributed by atoms with E-state index in [-0.39, 0.29) is 11.8 Å². The molecule has 0 radical (unpaired) electrons. The predicted molar refractivity (Wildman–Crippen MR) is 176 cm³/mol. The molecule has 0 saturated heterocycles. The second kappa shape index (κ2) is 17.3. The van der Waals surface area contributed by atoms with Crippen molar-refractivity contribution >= 4 is 33.5 Å². The summed E-state index contributed by atoms with van der Waals surface area (Å²) in [4.78, 5) is 25.3. The van der Waals surface area contributed by atoms with Crippen molar-refractivity contribution in [3.05, 3.63) is 54.1 Å². The van der Waals surface area contributed by atoms with Crippen LogP contribution in [0.15, 0.2) is 48.5 Å². The molecule has 0 aliphatic carbocycles. The number of unbranched alkanes of at least 4 members (excludes halogenated alkanes) is 13. The molecule has 0 bridgehead atoms. The summed E-state index contributed by atoms with van der Waals surface area (Å²) in [7, 11) is 0. The van der Waals surface area contributed by atoms with Gasteiger partial charge in [0.2, 0.25) is 0 Å². The number of hydrogen-bond acceptors (Lipinski definition) is 3. The van der Waals surface area contributed by atoms with Crippen molar-refractivity contribution < 1.29 is 19.4 Å². The average Bonchev–Trinajstić information content (AvgIpc) is 2.95. The van der Waals surface area contributed by atoms with Crippen LogP contribution in [0.4, 0.5) is 0 Å². The minimum atomic E-state index is -0.917. The van der Waals surface area contributed by atoms with E-state index in [1.165, 1.54) is 70.6 Å². The number of hydrogen-bond donors (Lipinski definition) is 1. The van der Waals surface area contributed by atoms with Gasteiger partial charge < -0.3 is 9.84 Å². The van der Waals surface area contributed by atoms with Gasteiger partial charge in [-0.1, -0.05) is 160 Å². The lowest BCUT2D eigenvalue weighted by atomic mass is 9.82. The second-order valence-electron chi connectivity index (χ2n) is 13.2. The maximum absolute atomic E-state index is 13.2. The van der Waals surface area contributed by atoms with Crippen LogP contribution in [0.25, 0.3) is 21.5 Å². The van der Waals surface area contributed by atoms with Crippen molar-refractivity contribution in [2.24, 2.45) is 5.92 Å². The number of ether oxygens (including phenoxy) is 1. The Morgan fingerprint density at radius 3 is 1.86 bits per heavy atom.